The van der Waals surface area contributed by atoms with Crippen LogP contribution in [0.4, 0.5) is 13.2 Å². The normalized spacial score (nSPS) is 19.7. The van der Waals surface area contributed by atoms with E-state index in [2.05, 4.69) is 9.28 Å². The molecule has 0 aromatic carbocycles. The Bertz CT molecular complexity index is 751. The number of aliphatic carboxylic acids is 1. The van der Waals surface area contributed by atoms with E-state index in [0.29, 0.717) is 5.69 Å². The highest BCUT2D eigenvalue weighted by Gasteiger charge is 2.49. The second-order valence-electron chi connectivity index (χ2n) is 5.01. The Morgan fingerprint density at radius 3 is 2.61 bits per heavy atom. The van der Waals surface area contributed by atoms with Crippen molar-refractivity contribution in [1.29, 1.82) is 0 Å². The van der Waals surface area contributed by atoms with Crippen molar-refractivity contribution in [2.75, 3.05) is 0 Å². The van der Waals surface area contributed by atoms with Crippen LogP contribution in [0.5, 0.6) is 0 Å². The van der Waals surface area contributed by atoms with Gasteiger partial charge in [-0.3, -0.25) is 4.68 Å². The number of hydrogen-bond acceptors (Lipinski definition) is 5. The molecule has 1 aliphatic carbocycles. The molecular formula is C12H13F3N2O5S. The molecule has 0 aliphatic heterocycles. The van der Waals surface area contributed by atoms with Crippen LogP contribution in [0.2, 0.25) is 0 Å². The fourth-order valence-electron chi connectivity index (χ4n) is 2.43. The SMILES string of the molecule is Cn1nccc1[C@H]1CCC(OS(=O)(=O)C(F)(F)F)=C(C(=O)O)C1. The third-order valence-corrected chi connectivity index (χ3v) is 4.52. The van der Waals surface area contributed by atoms with Gasteiger partial charge >= 0.3 is 21.6 Å². The number of carboxylic acids is 1. The first kappa shape index (κ1) is 17.3. The summed E-state index contributed by atoms with van der Waals surface area (Å²) in [6.45, 7) is 0. The van der Waals surface area contributed by atoms with Crippen molar-refractivity contribution in [2.45, 2.75) is 30.7 Å². The maximum Gasteiger partial charge on any atom is 0.534 e. The second kappa shape index (κ2) is 5.87. The molecule has 11 heteroatoms. The number of aryl methyl sites for hydroxylation is 1. The van der Waals surface area contributed by atoms with E-state index < -0.39 is 32.9 Å². The summed E-state index contributed by atoms with van der Waals surface area (Å²) in [6.07, 6.45) is 1.39. The second-order valence-corrected chi connectivity index (χ2v) is 6.55. The molecule has 0 unspecified atom stereocenters. The lowest BCUT2D eigenvalue weighted by atomic mass is 9.85. The number of rotatable bonds is 4. The number of nitrogens with zero attached hydrogens (tertiary/aromatic N) is 2. The van der Waals surface area contributed by atoms with Gasteiger partial charge in [-0.15, -0.1) is 0 Å². The highest BCUT2D eigenvalue weighted by atomic mass is 32.2. The number of allylic oxidation sites excluding steroid dienone is 1. The van der Waals surface area contributed by atoms with Crippen LogP contribution in [-0.4, -0.2) is 34.8 Å². The van der Waals surface area contributed by atoms with E-state index >= 15 is 0 Å². The van der Waals surface area contributed by atoms with Gasteiger partial charge < -0.3 is 9.29 Å². The first-order valence-corrected chi connectivity index (χ1v) is 7.87. The van der Waals surface area contributed by atoms with E-state index in [9.17, 15) is 26.4 Å². The zero-order chi connectivity index (χ0) is 17.4. The van der Waals surface area contributed by atoms with Gasteiger partial charge in [-0.1, -0.05) is 0 Å². The van der Waals surface area contributed by atoms with Crippen molar-refractivity contribution in [1.82, 2.24) is 9.78 Å². The quantitative estimate of drug-likeness (QED) is 0.655. The topological polar surface area (TPSA) is 98.5 Å². The highest BCUT2D eigenvalue weighted by Crippen LogP contribution is 2.38. The van der Waals surface area contributed by atoms with Crippen LogP contribution < -0.4 is 0 Å². The smallest absolute Gasteiger partial charge is 0.478 e. The van der Waals surface area contributed by atoms with Gasteiger partial charge in [-0.25, -0.2) is 4.79 Å². The van der Waals surface area contributed by atoms with Gasteiger partial charge in [0, 0.05) is 31.3 Å². The lowest BCUT2D eigenvalue weighted by molar-refractivity contribution is -0.133. The predicted octanol–water partition coefficient (Wildman–Crippen LogP) is 1.89. The van der Waals surface area contributed by atoms with Crippen LogP contribution in [0, 0.1) is 0 Å². The highest BCUT2D eigenvalue weighted by molar-refractivity contribution is 7.87. The van der Waals surface area contributed by atoms with Crippen LogP contribution in [0.15, 0.2) is 23.6 Å². The Hall–Kier alpha value is -2.04. The van der Waals surface area contributed by atoms with Crippen molar-refractivity contribution < 1.29 is 35.7 Å². The molecule has 2 rings (SSSR count). The molecule has 0 bridgehead atoms. The third-order valence-electron chi connectivity index (χ3n) is 3.54. The van der Waals surface area contributed by atoms with E-state index in [-0.39, 0.29) is 25.2 Å². The van der Waals surface area contributed by atoms with Gasteiger partial charge in [0.2, 0.25) is 0 Å². The Labute approximate surface area is 129 Å². The zero-order valence-corrected chi connectivity index (χ0v) is 12.7. The summed E-state index contributed by atoms with van der Waals surface area (Å²) in [4.78, 5) is 11.3. The van der Waals surface area contributed by atoms with E-state index in [0.717, 1.165) is 0 Å². The van der Waals surface area contributed by atoms with E-state index in [1.165, 1.54) is 10.9 Å². The molecule has 1 N–H and O–H groups in total. The molecule has 0 saturated heterocycles. The van der Waals surface area contributed by atoms with Gasteiger partial charge in [-0.2, -0.15) is 26.7 Å². The van der Waals surface area contributed by atoms with Gasteiger partial charge in [-0.05, 0) is 18.9 Å². The van der Waals surface area contributed by atoms with Crippen molar-refractivity contribution >= 4 is 16.1 Å². The summed E-state index contributed by atoms with van der Waals surface area (Å²) >= 11 is 0. The number of hydrogen-bond donors (Lipinski definition) is 1. The zero-order valence-electron chi connectivity index (χ0n) is 11.9. The molecule has 1 aromatic heterocycles. The average molecular weight is 354 g/mol. The molecule has 0 saturated carbocycles. The van der Waals surface area contributed by atoms with E-state index in [4.69, 9.17) is 5.11 Å². The predicted molar refractivity (Wildman–Crippen MR) is 70.5 cm³/mol. The summed E-state index contributed by atoms with van der Waals surface area (Å²) in [5, 5.41) is 13.1. The molecule has 128 valence electrons. The first-order valence-electron chi connectivity index (χ1n) is 6.47. The van der Waals surface area contributed by atoms with Crippen molar-refractivity contribution in [3.8, 4) is 0 Å². The monoisotopic (exact) mass is 354 g/mol. The molecule has 23 heavy (non-hydrogen) atoms. The summed E-state index contributed by atoms with van der Waals surface area (Å²) in [5.74, 6) is -2.48. The number of aromatic nitrogens is 2. The minimum absolute atomic E-state index is 0.141. The molecule has 0 radical (unpaired) electrons. The summed E-state index contributed by atoms with van der Waals surface area (Å²) in [6, 6.07) is 1.67. The summed E-state index contributed by atoms with van der Waals surface area (Å²) in [7, 11) is -4.23. The molecule has 1 aliphatic rings. The lowest BCUT2D eigenvalue weighted by Gasteiger charge is -2.25. The molecule has 7 nitrogen and oxygen atoms in total. The Balaban J connectivity index is 2.32. The Kier molecular flexibility index (Phi) is 4.42. The molecule has 0 fully saturated rings. The fraction of sp³-hybridized carbons (Fsp3) is 0.500. The standard InChI is InChI=1S/C12H13F3N2O5S/c1-17-9(4-5-16-17)7-2-3-10(8(6-7)11(18)19)22-23(20,21)12(13,14)15/h4-5,7H,2-3,6H2,1H3,(H,18,19)/t7-/m0/s1. The van der Waals surface area contributed by atoms with Crippen LogP contribution in [-0.2, 0) is 26.1 Å². The Morgan fingerprint density at radius 1 is 1.48 bits per heavy atom. The lowest BCUT2D eigenvalue weighted by Crippen LogP contribution is -2.27. The molecule has 0 spiro atoms. The largest absolute Gasteiger partial charge is 0.534 e. The minimum Gasteiger partial charge on any atom is -0.478 e. The summed E-state index contributed by atoms with van der Waals surface area (Å²) in [5.41, 5.74) is -5.38. The van der Waals surface area contributed by atoms with Crippen LogP contribution >= 0.6 is 0 Å². The van der Waals surface area contributed by atoms with Crippen LogP contribution in [0.1, 0.15) is 30.9 Å². The number of carboxylic acid groups (broad SMARTS) is 1. The van der Waals surface area contributed by atoms with Crippen molar-refractivity contribution in [3.05, 3.63) is 29.3 Å². The van der Waals surface area contributed by atoms with E-state index in [1.807, 2.05) is 0 Å². The maximum absolute atomic E-state index is 12.4. The molecule has 1 atom stereocenters. The van der Waals surface area contributed by atoms with Crippen LogP contribution in [0.25, 0.3) is 0 Å². The molecular weight excluding hydrogens is 341 g/mol. The van der Waals surface area contributed by atoms with Gasteiger partial charge in [0.05, 0.1) is 5.57 Å². The average Bonchev–Trinajstić information content (AvgIpc) is 2.83. The third kappa shape index (κ3) is 3.49. The Morgan fingerprint density at radius 2 is 2.13 bits per heavy atom. The summed E-state index contributed by atoms with van der Waals surface area (Å²) < 4.78 is 64.8. The van der Waals surface area contributed by atoms with E-state index in [1.54, 1.807) is 13.1 Å². The number of halogens is 3. The van der Waals surface area contributed by atoms with Gasteiger partial charge in [0.1, 0.15) is 5.76 Å². The van der Waals surface area contributed by atoms with Crippen molar-refractivity contribution in [3.63, 3.8) is 0 Å². The fourth-order valence-corrected chi connectivity index (χ4v) is 2.98. The van der Waals surface area contributed by atoms with Crippen LogP contribution in [0.3, 0.4) is 0 Å². The van der Waals surface area contributed by atoms with Gasteiger partial charge in [0.15, 0.2) is 0 Å². The molecule has 0 amide bonds. The minimum atomic E-state index is -5.88. The number of carbonyl (C=O) groups is 1. The molecule has 1 heterocycles. The van der Waals surface area contributed by atoms with Gasteiger partial charge in [0.25, 0.3) is 0 Å². The van der Waals surface area contributed by atoms with Crippen molar-refractivity contribution in [2.24, 2.45) is 7.05 Å². The first-order chi connectivity index (χ1) is 10.5. The maximum atomic E-state index is 12.4. The number of alkyl halides is 3. The molecule has 1 aromatic rings.